The van der Waals surface area contributed by atoms with E-state index in [0.717, 1.165) is 11.3 Å². The quantitative estimate of drug-likeness (QED) is 0.729. The molecule has 0 spiro atoms. The van der Waals surface area contributed by atoms with Gasteiger partial charge >= 0.3 is 0 Å². The van der Waals surface area contributed by atoms with E-state index in [1.165, 1.54) is 0 Å². The molecule has 3 rings (SSSR count). The van der Waals surface area contributed by atoms with Crippen molar-refractivity contribution in [2.75, 3.05) is 12.4 Å². The van der Waals surface area contributed by atoms with Gasteiger partial charge in [0.15, 0.2) is 4.84 Å². The predicted molar refractivity (Wildman–Crippen MR) is 91.3 cm³/mol. The van der Waals surface area contributed by atoms with E-state index in [-0.39, 0.29) is 0 Å². The van der Waals surface area contributed by atoms with Crippen LogP contribution in [-0.4, -0.2) is 27.2 Å². The lowest BCUT2D eigenvalue weighted by Crippen LogP contribution is -2.20. The molecule has 1 N–H and O–H groups in total. The second-order valence-corrected chi connectivity index (χ2v) is 5.85. The van der Waals surface area contributed by atoms with Crippen molar-refractivity contribution in [2.45, 2.75) is 4.84 Å². The van der Waals surface area contributed by atoms with Crippen LogP contribution in [-0.2, 0) is 4.79 Å². The highest BCUT2D eigenvalue weighted by Crippen LogP contribution is 2.30. The van der Waals surface area contributed by atoms with Gasteiger partial charge in [0, 0.05) is 11.8 Å². The average molecular weight is 350 g/mol. The van der Waals surface area contributed by atoms with Crippen LogP contribution < -0.4 is 10.1 Å². The largest absolute Gasteiger partial charge is 0.497 e. The SMILES string of the molecule is COc1ccc(-c2nc3ccccn3c2NC(=O)C(Cl)Cl)cc1. The second-order valence-electron chi connectivity index (χ2n) is 4.76. The third-order valence-corrected chi connectivity index (χ3v) is 3.73. The second kappa shape index (κ2) is 6.48. The summed E-state index contributed by atoms with van der Waals surface area (Å²) in [4.78, 5) is 15.3. The van der Waals surface area contributed by atoms with Crippen molar-refractivity contribution in [1.29, 1.82) is 0 Å². The van der Waals surface area contributed by atoms with E-state index in [1.807, 2.05) is 48.7 Å². The number of amides is 1. The molecule has 0 unspecified atom stereocenters. The highest BCUT2D eigenvalue weighted by atomic mass is 35.5. The Balaban J connectivity index is 2.12. The minimum Gasteiger partial charge on any atom is -0.497 e. The van der Waals surface area contributed by atoms with Crippen LogP contribution in [0.3, 0.4) is 0 Å². The first kappa shape index (κ1) is 15.6. The summed E-state index contributed by atoms with van der Waals surface area (Å²) in [5.74, 6) is 0.750. The highest BCUT2D eigenvalue weighted by molar-refractivity contribution is 6.54. The Hall–Kier alpha value is -2.24. The molecule has 0 aliphatic carbocycles. The molecule has 0 bridgehead atoms. The fourth-order valence-electron chi connectivity index (χ4n) is 2.24. The number of hydrogen-bond acceptors (Lipinski definition) is 3. The molecule has 0 atom stereocenters. The summed E-state index contributed by atoms with van der Waals surface area (Å²) in [6.45, 7) is 0. The molecule has 0 aliphatic rings. The first-order chi connectivity index (χ1) is 11.1. The topological polar surface area (TPSA) is 55.6 Å². The number of imidazole rings is 1. The fraction of sp³-hybridized carbons (Fsp3) is 0.125. The molecule has 1 amide bonds. The number of ether oxygens (including phenoxy) is 1. The van der Waals surface area contributed by atoms with Gasteiger partial charge in [-0.25, -0.2) is 4.98 Å². The molecule has 1 aromatic carbocycles. The number of methoxy groups -OCH3 is 1. The third-order valence-electron chi connectivity index (χ3n) is 3.33. The van der Waals surface area contributed by atoms with Crippen molar-refractivity contribution in [1.82, 2.24) is 9.38 Å². The van der Waals surface area contributed by atoms with E-state index < -0.39 is 10.7 Å². The number of nitrogens with zero attached hydrogens (tertiary/aromatic N) is 2. The molecule has 2 heterocycles. The minimum absolute atomic E-state index is 0.506. The Morgan fingerprint density at radius 1 is 1.22 bits per heavy atom. The molecule has 0 aliphatic heterocycles. The zero-order chi connectivity index (χ0) is 16.4. The van der Waals surface area contributed by atoms with Gasteiger partial charge in [-0.05, 0) is 36.4 Å². The van der Waals surface area contributed by atoms with Crippen LogP contribution in [0.2, 0.25) is 0 Å². The summed E-state index contributed by atoms with van der Waals surface area (Å²) >= 11 is 11.3. The van der Waals surface area contributed by atoms with Crippen LogP contribution in [0.25, 0.3) is 16.9 Å². The van der Waals surface area contributed by atoms with Gasteiger partial charge in [-0.15, -0.1) is 0 Å². The molecule has 23 heavy (non-hydrogen) atoms. The summed E-state index contributed by atoms with van der Waals surface area (Å²) in [6, 6.07) is 13.0. The number of halogens is 2. The van der Waals surface area contributed by atoms with Crippen LogP contribution in [0, 0.1) is 0 Å². The summed E-state index contributed by atoms with van der Waals surface area (Å²) in [6.07, 6.45) is 1.81. The predicted octanol–water partition coefficient (Wildman–Crippen LogP) is 3.75. The lowest BCUT2D eigenvalue weighted by atomic mass is 10.1. The lowest BCUT2D eigenvalue weighted by molar-refractivity contribution is -0.114. The number of alkyl halides is 2. The zero-order valence-electron chi connectivity index (χ0n) is 12.2. The number of anilines is 1. The van der Waals surface area contributed by atoms with Gasteiger partial charge in [0.25, 0.3) is 5.91 Å². The van der Waals surface area contributed by atoms with Crippen LogP contribution in [0.1, 0.15) is 0 Å². The smallest absolute Gasteiger partial charge is 0.258 e. The molecule has 0 fully saturated rings. The van der Waals surface area contributed by atoms with Crippen molar-refractivity contribution in [3.63, 3.8) is 0 Å². The number of fused-ring (bicyclic) bond motifs is 1. The van der Waals surface area contributed by atoms with Crippen LogP contribution in [0.4, 0.5) is 5.82 Å². The van der Waals surface area contributed by atoms with E-state index in [4.69, 9.17) is 27.9 Å². The Morgan fingerprint density at radius 2 is 1.96 bits per heavy atom. The number of hydrogen-bond donors (Lipinski definition) is 1. The van der Waals surface area contributed by atoms with Gasteiger partial charge in [-0.2, -0.15) is 0 Å². The van der Waals surface area contributed by atoms with E-state index >= 15 is 0 Å². The Labute approximate surface area is 142 Å². The van der Waals surface area contributed by atoms with E-state index in [2.05, 4.69) is 10.3 Å². The summed E-state index contributed by atoms with van der Waals surface area (Å²) in [7, 11) is 1.60. The van der Waals surface area contributed by atoms with E-state index in [9.17, 15) is 4.79 Å². The summed E-state index contributed by atoms with van der Waals surface area (Å²) in [5.41, 5.74) is 2.17. The van der Waals surface area contributed by atoms with Crippen LogP contribution >= 0.6 is 23.2 Å². The van der Waals surface area contributed by atoms with Crippen molar-refractivity contribution in [2.24, 2.45) is 0 Å². The molecule has 5 nitrogen and oxygen atoms in total. The van der Waals surface area contributed by atoms with Gasteiger partial charge in [-0.1, -0.05) is 29.3 Å². The molecule has 2 aromatic heterocycles. The molecule has 118 valence electrons. The Kier molecular flexibility index (Phi) is 4.41. The lowest BCUT2D eigenvalue weighted by Gasteiger charge is -2.08. The maximum atomic E-state index is 11.9. The van der Waals surface area contributed by atoms with Crippen LogP contribution in [0.15, 0.2) is 48.7 Å². The number of nitrogens with one attached hydrogen (secondary N) is 1. The normalized spacial score (nSPS) is 11.0. The number of rotatable bonds is 4. The maximum absolute atomic E-state index is 11.9. The molecule has 7 heteroatoms. The monoisotopic (exact) mass is 349 g/mol. The van der Waals surface area contributed by atoms with Crippen LogP contribution in [0.5, 0.6) is 5.75 Å². The molecule has 0 saturated carbocycles. The molecular formula is C16H13Cl2N3O2. The Bertz CT molecular complexity index is 844. The van der Waals surface area contributed by atoms with Gasteiger partial charge < -0.3 is 10.1 Å². The number of pyridine rings is 1. The molecular weight excluding hydrogens is 337 g/mol. The van der Waals surface area contributed by atoms with E-state index in [0.29, 0.717) is 17.2 Å². The number of aromatic nitrogens is 2. The van der Waals surface area contributed by atoms with Crippen molar-refractivity contribution in [3.8, 4) is 17.0 Å². The fourth-order valence-corrected chi connectivity index (χ4v) is 2.35. The number of carbonyl (C=O) groups excluding carboxylic acids is 1. The average Bonchev–Trinajstić information content (AvgIpc) is 2.93. The Morgan fingerprint density at radius 3 is 2.61 bits per heavy atom. The third kappa shape index (κ3) is 3.11. The first-order valence-electron chi connectivity index (χ1n) is 6.80. The first-order valence-corrected chi connectivity index (χ1v) is 7.68. The van der Waals surface area contributed by atoms with Crippen molar-refractivity contribution < 1.29 is 9.53 Å². The minimum atomic E-state index is -1.16. The molecule has 0 saturated heterocycles. The highest BCUT2D eigenvalue weighted by Gasteiger charge is 2.19. The number of benzene rings is 1. The van der Waals surface area contributed by atoms with E-state index in [1.54, 1.807) is 11.5 Å². The van der Waals surface area contributed by atoms with Gasteiger partial charge in [0.05, 0.1) is 7.11 Å². The summed E-state index contributed by atoms with van der Waals surface area (Å²) in [5, 5.41) is 2.73. The maximum Gasteiger partial charge on any atom is 0.258 e. The van der Waals surface area contributed by atoms with Gasteiger partial charge in [0.2, 0.25) is 0 Å². The zero-order valence-corrected chi connectivity index (χ0v) is 13.7. The van der Waals surface area contributed by atoms with Crippen molar-refractivity contribution in [3.05, 3.63) is 48.7 Å². The molecule has 0 radical (unpaired) electrons. The number of carbonyl (C=O) groups is 1. The van der Waals surface area contributed by atoms with Crippen molar-refractivity contribution >= 4 is 40.6 Å². The summed E-state index contributed by atoms with van der Waals surface area (Å²) < 4.78 is 6.93. The standard InChI is InChI=1S/C16H13Cl2N3O2/c1-23-11-7-5-10(6-8-11)13-15(20-16(22)14(17)18)21-9-3-2-4-12(21)19-13/h2-9,14H,1H3,(H,20,22). The van der Waals surface area contributed by atoms with Gasteiger partial charge in [0.1, 0.15) is 22.9 Å². The van der Waals surface area contributed by atoms with Gasteiger partial charge in [-0.3, -0.25) is 9.20 Å². The molecule has 3 aromatic rings.